The molecule has 0 aromatic carbocycles. The van der Waals surface area contributed by atoms with Crippen LogP contribution in [0.2, 0.25) is 0 Å². The zero-order valence-corrected chi connectivity index (χ0v) is 9.58. The van der Waals surface area contributed by atoms with Crippen LogP contribution >= 0.6 is 0 Å². The van der Waals surface area contributed by atoms with Crippen molar-refractivity contribution in [2.24, 2.45) is 7.05 Å². The van der Waals surface area contributed by atoms with Gasteiger partial charge in [0.1, 0.15) is 0 Å². The van der Waals surface area contributed by atoms with Gasteiger partial charge in [-0.05, 0) is 23.3 Å². The Labute approximate surface area is 97.4 Å². The van der Waals surface area contributed by atoms with E-state index in [1.165, 1.54) is 10.9 Å². The molecule has 0 bridgehead atoms. The summed E-state index contributed by atoms with van der Waals surface area (Å²) in [6, 6.07) is -0.180. The third-order valence-electron chi connectivity index (χ3n) is 2.27. The molecule has 0 aliphatic carbocycles. The highest BCUT2D eigenvalue weighted by Crippen LogP contribution is 2.22. The standard InChI is InChI=1S/C9H14N4O4/c1-6(3-4-7(14)15)11-9-8(13(16)17)10-5-12(9)2/h5-6,11H,3-4H2,1-2H3,(H,14,15). The number of aliphatic carboxylic acids is 1. The highest BCUT2D eigenvalue weighted by Gasteiger charge is 2.21. The number of hydrogen-bond acceptors (Lipinski definition) is 5. The fourth-order valence-corrected chi connectivity index (χ4v) is 1.36. The van der Waals surface area contributed by atoms with Crippen LogP contribution in [-0.2, 0) is 11.8 Å². The molecule has 0 amide bonds. The first-order valence-electron chi connectivity index (χ1n) is 5.06. The molecule has 0 saturated heterocycles. The van der Waals surface area contributed by atoms with Crippen molar-refractivity contribution < 1.29 is 14.8 Å². The van der Waals surface area contributed by atoms with Crippen LogP contribution in [-0.4, -0.2) is 31.6 Å². The average molecular weight is 242 g/mol. The quantitative estimate of drug-likeness (QED) is 0.568. The Bertz CT molecular complexity index is 429. The van der Waals surface area contributed by atoms with E-state index in [0.717, 1.165) is 0 Å². The number of nitrogens with zero attached hydrogens (tertiary/aromatic N) is 3. The Morgan fingerprint density at radius 1 is 1.76 bits per heavy atom. The van der Waals surface area contributed by atoms with Crippen LogP contribution in [0.1, 0.15) is 19.8 Å². The first kappa shape index (κ1) is 12.9. The molecule has 8 heteroatoms. The minimum atomic E-state index is -0.891. The number of rotatable bonds is 6. The Morgan fingerprint density at radius 3 is 2.94 bits per heavy atom. The summed E-state index contributed by atoms with van der Waals surface area (Å²) in [5, 5.41) is 22.1. The summed E-state index contributed by atoms with van der Waals surface area (Å²) in [6.07, 6.45) is 1.74. The van der Waals surface area contributed by atoms with Gasteiger partial charge in [0.15, 0.2) is 0 Å². The van der Waals surface area contributed by atoms with Crippen molar-refractivity contribution >= 4 is 17.6 Å². The molecule has 1 aromatic rings. The second-order valence-electron chi connectivity index (χ2n) is 3.76. The SMILES string of the molecule is CC(CCC(=O)O)Nc1c([N+](=O)[O-])ncn1C. The van der Waals surface area contributed by atoms with Crippen molar-refractivity contribution in [3.8, 4) is 0 Å². The van der Waals surface area contributed by atoms with Crippen molar-refractivity contribution in [1.29, 1.82) is 0 Å². The van der Waals surface area contributed by atoms with E-state index in [2.05, 4.69) is 10.3 Å². The van der Waals surface area contributed by atoms with E-state index in [0.29, 0.717) is 6.42 Å². The van der Waals surface area contributed by atoms with Crippen LogP contribution in [0.3, 0.4) is 0 Å². The number of carboxylic acid groups (broad SMARTS) is 1. The van der Waals surface area contributed by atoms with Gasteiger partial charge < -0.3 is 20.5 Å². The predicted octanol–water partition coefficient (Wildman–Crippen LogP) is 0.993. The molecule has 8 nitrogen and oxygen atoms in total. The maximum absolute atomic E-state index is 10.7. The zero-order chi connectivity index (χ0) is 13.0. The molecule has 2 N–H and O–H groups in total. The Kier molecular flexibility index (Phi) is 4.02. The summed E-state index contributed by atoms with van der Waals surface area (Å²) in [6.45, 7) is 1.76. The van der Waals surface area contributed by atoms with E-state index in [1.54, 1.807) is 14.0 Å². The van der Waals surface area contributed by atoms with Crippen LogP contribution in [0, 0.1) is 10.1 Å². The normalized spacial score (nSPS) is 12.1. The molecule has 0 aliphatic heterocycles. The molecule has 0 spiro atoms. The smallest absolute Gasteiger partial charge is 0.406 e. The molecule has 94 valence electrons. The number of carbonyl (C=O) groups is 1. The van der Waals surface area contributed by atoms with Gasteiger partial charge in [0, 0.05) is 19.5 Å². The van der Waals surface area contributed by atoms with Gasteiger partial charge >= 0.3 is 11.8 Å². The molecular formula is C9H14N4O4. The summed E-state index contributed by atoms with van der Waals surface area (Å²) in [5.41, 5.74) is 0. The van der Waals surface area contributed by atoms with Crippen molar-refractivity contribution in [2.45, 2.75) is 25.8 Å². The fraction of sp³-hybridized carbons (Fsp3) is 0.556. The predicted molar refractivity (Wildman–Crippen MR) is 59.8 cm³/mol. The lowest BCUT2D eigenvalue weighted by molar-refractivity contribution is -0.388. The summed E-state index contributed by atoms with van der Waals surface area (Å²) >= 11 is 0. The summed E-state index contributed by atoms with van der Waals surface area (Å²) in [7, 11) is 1.63. The molecule has 0 radical (unpaired) electrons. The maximum Gasteiger partial charge on any atom is 0.406 e. The number of nitro groups is 1. The topological polar surface area (TPSA) is 110 Å². The van der Waals surface area contributed by atoms with E-state index in [9.17, 15) is 14.9 Å². The molecule has 1 atom stereocenters. The minimum Gasteiger partial charge on any atom is -0.481 e. The van der Waals surface area contributed by atoms with Crippen LogP contribution in [0.25, 0.3) is 0 Å². The number of aryl methyl sites for hydroxylation is 1. The van der Waals surface area contributed by atoms with Gasteiger partial charge in [-0.25, -0.2) is 0 Å². The van der Waals surface area contributed by atoms with Crippen molar-refractivity contribution in [3.05, 3.63) is 16.4 Å². The first-order valence-corrected chi connectivity index (χ1v) is 5.06. The van der Waals surface area contributed by atoms with Crippen molar-refractivity contribution in [2.75, 3.05) is 5.32 Å². The average Bonchev–Trinajstić information content (AvgIpc) is 2.58. The number of aromatic nitrogens is 2. The van der Waals surface area contributed by atoms with Crippen molar-refractivity contribution in [1.82, 2.24) is 9.55 Å². The van der Waals surface area contributed by atoms with E-state index < -0.39 is 10.9 Å². The highest BCUT2D eigenvalue weighted by atomic mass is 16.6. The molecule has 17 heavy (non-hydrogen) atoms. The van der Waals surface area contributed by atoms with Crippen LogP contribution in [0.5, 0.6) is 0 Å². The van der Waals surface area contributed by atoms with E-state index in [1.807, 2.05) is 0 Å². The molecule has 0 fully saturated rings. The van der Waals surface area contributed by atoms with Crippen LogP contribution in [0.4, 0.5) is 11.6 Å². The molecular weight excluding hydrogens is 228 g/mol. The van der Waals surface area contributed by atoms with Gasteiger partial charge in [-0.2, -0.15) is 0 Å². The number of carboxylic acids is 1. The highest BCUT2D eigenvalue weighted by molar-refractivity contribution is 5.66. The molecule has 1 heterocycles. The monoisotopic (exact) mass is 242 g/mol. The third kappa shape index (κ3) is 3.44. The third-order valence-corrected chi connectivity index (χ3v) is 2.27. The molecule has 1 unspecified atom stereocenters. The number of hydrogen-bond donors (Lipinski definition) is 2. The van der Waals surface area contributed by atoms with Gasteiger partial charge in [0.25, 0.3) is 0 Å². The fourth-order valence-electron chi connectivity index (χ4n) is 1.36. The van der Waals surface area contributed by atoms with Gasteiger partial charge in [-0.3, -0.25) is 9.36 Å². The van der Waals surface area contributed by atoms with Crippen molar-refractivity contribution in [3.63, 3.8) is 0 Å². The maximum atomic E-state index is 10.7. The van der Waals surface area contributed by atoms with Crippen LogP contribution < -0.4 is 5.32 Å². The van der Waals surface area contributed by atoms with Gasteiger partial charge in [0.05, 0.1) is 0 Å². The number of anilines is 1. The van der Waals surface area contributed by atoms with E-state index in [-0.39, 0.29) is 24.1 Å². The largest absolute Gasteiger partial charge is 0.481 e. The Balaban J connectivity index is 2.70. The lowest BCUT2D eigenvalue weighted by Gasteiger charge is -2.13. The van der Waals surface area contributed by atoms with Gasteiger partial charge in [0.2, 0.25) is 12.1 Å². The van der Waals surface area contributed by atoms with Gasteiger partial charge in [-0.15, -0.1) is 0 Å². The van der Waals surface area contributed by atoms with Gasteiger partial charge in [-0.1, -0.05) is 0 Å². The Hall–Kier alpha value is -2.12. The minimum absolute atomic E-state index is 0.0137. The van der Waals surface area contributed by atoms with E-state index in [4.69, 9.17) is 5.11 Å². The number of imidazole rings is 1. The van der Waals surface area contributed by atoms with E-state index >= 15 is 0 Å². The second-order valence-corrected chi connectivity index (χ2v) is 3.76. The molecule has 1 rings (SSSR count). The lowest BCUT2D eigenvalue weighted by Crippen LogP contribution is -2.19. The molecule has 1 aromatic heterocycles. The zero-order valence-electron chi connectivity index (χ0n) is 9.58. The first-order chi connectivity index (χ1) is 7.91. The lowest BCUT2D eigenvalue weighted by atomic mass is 10.2. The second kappa shape index (κ2) is 5.28. The Morgan fingerprint density at radius 2 is 2.41 bits per heavy atom. The summed E-state index contributed by atoms with van der Waals surface area (Å²) in [4.78, 5) is 24.1. The molecule has 0 saturated carbocycles. The summed E-state index contributed by atoms with van der Waals surface area (Å²) in [5.74, 6) is -0.860. The van der Waals surface area contributed by atoms with Crippen LogP contribution in [0.15, 0.2) is 6.33 Å². The molecule has 0 aliphatic rings. The summed E-state index contributed by atoms with van der Waals surface area (Å²) < 4.78 is 1.50. The number of nitrogens with one attached hydrogen (secondary N) is 1.